The van der Waals surface area contributed by atoms with Crippen LogP contribution in [0.2, 0.25) is 0 Å². The van der Waals surface area contributed by atoms with Crippen molar-refractivity contribution >= 4 is 27.9 Å². The van der Waals surface area contributed by atoms with Crippen molar-refractivity contribution in [3.63, 3.8) is 0 Å². The van der Waals surface area contributed by atoms with Crippen LogP contribution in [0.25, 0.3) is 0 Å². The molecule has 1 aromatic rings. The molecule has 1 atom stereocenters. The Balaban J connectivity index is 1.92. The molecule has 0 unspecified atom stereocenters. The molecule has 1 fully saturated rings. The SMILES string of the molecule is COc1ccc([C@@H](C)NCC(=O)N2CCNC2=O)cc1Br. The maximum atomic E-state index is 11.9. The number of imide groups is 1. The average molecular weight is 356 g/mol. The van der Waals surface area contributed by atoms with E-state index in [9.17, 15) is 9.59 Å². The highest BCUT2D eigenvalue weighted by Gasteiger charge is 2.25. The number of halogens is 1. The summed E-state index contributed by atoms with van der Waals surface area (Å²) in [6.07, 6.45) is 0. The van der Waals surface area contributed by atoms with Gasteiger partial charge in [-0.25, -0.2) is 4.79 Å². The van der Waals surface area contributed by atoms with Gasteiger partial charge in [0.15, 0.2) is 0 Å². The Bertz CT molecular complexity index is 550. The second-order valence-electron chi connectivity index (χ2n) is 4.77. The van der Waals surface area contributed by atoms with Crippen LogP contribution in [0.4, 0.5) is 4.79 Å². The van der Waals surface area contributed by atoms with Crippen LogP contribution in [0.15, 0.2) is 22.7 Å². The lowest BCUT2D eigenvalue weighted by molar-refractivity contribution is -0.126. The molecule has 0 bridgehead atoms. The number of carbonyl (C=O) groups is 2. The van der Waals surface area contributed by atoms with E-state index in [0.717, 1.165) is 15.8 Å². The number of ether oxygens (including phenoxy) is 1. The summed E-state index contributed by atoms with van der Waals surface area (Å²) < 4.78 is 6.05. The van der Waals surface area contributed by atoms with E-state index in [1.807, 2.05) is 25.1 Å². The number of hydrogen-bond donors (Lipinski definition) is 2. The van der Waals surface area contributed by atoms with Crippen molar-refractivity contribution in [2.45, 2.75) is 13.0 Å². The average Bonchev–Trinajstić information content (AvgIpc) is 2.90. The molecule has 2 N–H and O–H groups in total. The van der Waals surface area contributed by atoms with Crippen LogP contribution in [-0.2, 0) is 4.79 Å². The van der Waals surface area contributed by atoms with Gasteiger partial charge < -0.3 is 15.4 Å². The summed E-state index contributed by atoms with van der Waals surface area (Å²) >= 11 is 3.44. The van der Waals surface area contributed by atoms with Crippen molar-refractivity contribution in [1.82, 2.24) is 15.5 Å². The minimum Gasteiger partial charge on any atom is -0.496 e. The van der Waals surface area contributed by atoms with Gasteiger partial charge in [0.25, 0.3) is 0 Å². The second kappa shape index (κ2) is 6.91. The first-order valence-corrected chi connectivity index (χ1v) is 7.47. The number of amides is 3. The maximum absolute atomic E-state index is 11.9. The lowest BCUT2D eigenvalue weighted by atomic mass is 10.1. The molecule has 21 heavy (non-hydrogen) atoms. The van der Waals surface area contributed by atoms with Gasteiger partial charge in [0, 0.05) is 19.1 Å². The van der Waals surface area contributed by atoms with Crippen LogP contribution >= 0.6 is 15.9 Å². The second-order valence-corrected chi connectivity index (χ2v) is 5.63. The molecular weight excluding hydrogens is 338 g/mol. The fraction of sp³-hybridized carbons (Fsp3) is 0.429. The van der Waals surface area contributed by atoms with Crippen LogP contribution in [0.3, 0.4) is 0 Å². The summed E-state index contributed by atoms with van der Waals surface area (Å²) in [7, 11) is 1.61. The topological polar surface area (TPSA) is 70.7 Å². The molecule has 114 valence electrons. The first-order valence-electron chi connectivity index (χ1n) is 6.68. The summed E-state index contributed by atoms with van der Waals surface area (Å²) in [6, 6.07) is 5.43. The molecule has 0 aliphatic carbocycles. The number of benzene rings is 1. The van der Waals surface area contributed by atoms with Gasteiger partial charge in [-0.1, -0.05) is 6.07 Å². The number of rotatable bonds is 5. The summed E-state index contributed by atoms with van der Waals surface area (Å²) in [5, 5.41) is 5.74. The van der Waals surface area contributed by atoms with Crippen molar-refractivity contribution in [1.29, 1.82) is 0 Å². The molecule has 0 aromatic heterocycles. The van der Waals surface area contributed by atoms with Crippen molar-refractivity contribution in [2.75, 3.05) is 26.7 Å². The van der Waals surface area contributed by atoms with Gasteiger partial charge in [0.2, 0.25) is 5.91 Å². The third-order valence-electron chi connectivity index (χ3n) is 3.39. The Morgan fingerprint density at radius 2 is 2.33 bits per heavy atom. The fourth-order valence-electron chi connectivity index (χ4n) is 2.12. The van der Waals surface area contributed by atoms with Gasteiger partial charge in [0.05, 0.1) is 18.1 Å². The van der Waals surface area contributed by atoms with E-state index in [2.05, 4.69) is 26.6 Å². The van der Waals surface area contributed by atoms with E-state index >= 15 is 0 Å². The highest BCUT2D eigenvalue weighted by Crippen LogP contribution is 2.27. The van der Waals surface area contributed by atoms with Gasteiger partial charge in [0.1, 0.15) is 5.75 Å². The molecule has 0 saturated carbocycles. The first kappa shape index (κ1) is 15.8. The quantitative estimate of drug-likeness (QED) is 0.842. The van der Waals surface area contributed by atoms with E-state index in [0.29, 0.717) is 13.1 Å². The Morgan fingerprint density at radius 1 is 1.57 bits per heavy atom. The van der Waals surface area contributed by atoms with Crippen LogP contribution in [-0.4, -0.2) is 43.6 Å². The van der Waals surface area contributed by atoms with Crippen molar-refractivity contribution in [3.8, 4) is 5.75 Å². The van der Waals surface area contributed by atoms with Crippen molar-refractivity contribution < 1.29 is 14.3 Å². The van der Waals surface area contributed by atoms with Gasteiger partial charge >= 0.3 is 6.03 Å². The Labute approximate surface area is 132 Å². The normalized spacial score (nSPS) is 15.8. The minimum absolute atomic E-state index is 0.0122. The molecule has 2 rings (SSSR count). The maximum Gasteiger partial charge on any atom is 0.324 e. The lowest BCUT2D eigenvalue weighted by Gasteiger charge is -2.17. The number of nitrogens with one attached hydrogen (secondary N) is 2. The minimum atomic E-state index is -0.318. The highest BCUT2D eigenvalue weighted by atomic mass is 79.9. The molecule has 6 nitrogen and oxygen atoms in total. The predicted octanol–water partition coefficient (Wildman–Crippen LogP) is 1.66. The standard InChI is InChI=1S/C14H18BrN3O3/c1-9(10-3-4-12(21-2)11(15)7-10)17-8-13(19)18-6-5-16-14(18)20/h3-4,7,9,17H,5-6,8H2,1-2H3,(H,16,20)/t9-/m1/s1. The predicted molar refractivity (Wildman–Crippen MR) is 82.2 cm³/mol. The van der Waals surface area contributed by atoms with Crippen LogP contribution in [0.5, 0.6) is 5.75 Å². The van der Waals surface area contributed by atoms with Crippen LogP contribution in [0.1, 0.15) is 18.5 Å². The lowest BCUT2D eigenvalue weighted by Crippen LogP contribution is -2.40. The number of urea groups is 1. The van der Waals surface area contributed by atoms with Gasteiger partial charge in [-0.3, -0.25) is 9.69 Å². The Kier molecular flexibility index (Phi) is 5.19. The largest absolute Gasteiger partial charge is 0.496 e. The third-order valence-corrected chi connectivity index (χ3v) is 4.01. The highest BCUT2D eigenvalue weighted by molar-refractivity contribution is 9.10. The van der Waals surface area contributed by atoms with Crippen LogP contribution < -0.4 is 15.4 Å². The summed E-state index contributed by atoms with van der Waals surface area (Å²) in [6.45, 7) is 3.04. The zero-order valence-corrected chi connectivity index (χ0v) is 13.6. The molecule has 0 spiro atoms. The molecule has 1 aliphatic heterocycles. The molecule has 0 radical (unpaired) electrons. The van der Waals surface area contributed by atoms with E-state index in [-0.39, 0.29) is 24.5 Å². The fourth-order valence-corrected chi connectivity index (χ4v) is 2.67. The summed E-state index contributed by atoms with van der Waals surface area (Å²) in [5.41, 5.74) is 1.03. The van der Waals surface area contributed by atoms with Crippen molar-refractivity contribution in [2.24, 2.45) is 0 Å². The molecule has 3 amide bonds. The number of carbonyl (C=O) groups excluding carboxylic acids is 2. The number of hydrogen-bond acceptors (Lipinski definition) is 4. The summed E-state index contributed by atoms with van der Waals surface area (Å²) in [5.74, 6) is 0.542. The number of methoxy groups -OCH3 is 1. The van der Waals surface area contributed by atoms with E-state index in [1.54, 1.807) is 7.11 Å². The number of nitrogens with zero attached hydrogens (tertiary/aromatic N) is 1. The monoisotopic (exact) mass is 355 g/mol. The van der Waals surface area contributed by atoms with Crippen molar-refractivity contribution in [3.05, 3.63) is 28.2 Å². The molecule has 1 aliphatic rings. The van der Waals surface area contributed by atoms with Gasteiger partial charge in [-0.15, -0.1) is 0 Å². The molecule has 1 saturated heterocycles. The molecule has 7 heteroatoms. The zero-order chi connectivity index (χ0) is 15.4. The first-order chi connectivity index (χ1) is 10.0. The smallest absolute Gasteiger partial charge is 0.324 e. The third kappa shape index (κ3) is 3.74. The van der Waals surface area contributed by atoms with E-state index in [4.69, 9.17) is 4.74 Å². The Morgan fingerprint density at radius 3 is 2.90 bits per heavy atom. The van der Waals surface area contributed by atoms with E-state index in [1.165, 1.54) is 4.90 Å². The molecule has 1 heterocycles. The summed E-state index contributed by atoms with van der Waals surface area (Å²) in [4.78, 5) is 24.5. The van der Waals surface area contributed by atoms with E-state index < -0.39 is 0 Å². The van der Waals surface area contributed by atoms with Crippen LogP contribution in [0, 0.1) is 0 Å². The van der Waals surface area contributed by atoms with Gasteiger partial charge in [-0.2, -0.15) is 0 Å². The zero-order valence-electron chi connectivity index (χ0n) is 12.0. The van der Waals surface area contributed by atoms with Gasteiger partial charge in [-0.05, 0) is 40.5 Å². The molecule has 1 aromatic carbocycles. The molecular formula is C14H18BrN3O3. The Hall–Kier alpha value is -1.60.